The van der Waals surface area contributed by atoms with Gasteiger partial charge in [-0.15, -0.1) is 0 Å². The monoisotopic (exact) mass is 428 g/mol. The first-order chi connectivity index (χ1) is 15.5. The Morgan fingerprint density at radius 3 is 2.31 bits per heavy atom. The molecule has 5 heteroatoms. The molecule has 164 valence electrons. The van der Waals surface area contributed by atoms with E-state index < -0.39 is 5.54 Å². The molecule has 5 nitrogen and oxygen atoms in total. The molecular formula is C27H28N2O3. The van der Waals surface area contributed by atoms with Gasteiger partial charge in [0.1, 0.15) is 0 Å². The lowest BCUT2D eigenvalue weighted by Gasteiger charge is -2.37. The number of benzene rings is 3. The highest BCUT2D eigenvalue weighted by Gasteiger charge is 2.54. The van der Waals surface area contributed by atoms with Crippen molar-refractivity contribution < 1.29 is 14.3 Å². The highest BCUT2D eigenvalue weighted by molar-refractivity contribution is 6.10. The van der Waals surface area contributed by atoms with Gasteiger partial charge in [-0.25, -0.2) is 0 Å². The Kier molecular flexibility index (Phi) is 4.94. The fourth-order valence-corrected chi connectivity index (χ4v) is 5.03. The minimum absolute atomic E-state index is 0.0480. The fourth-order valence-electron chi connectivity index (χ4n) is 5.03. The molecular weight excluding hydrogens is 400 g/mol. The van der Waals surface area contributed by atoms with E-state index in [9.17, 15) is 4.79 Å². The molecule has 0 saturated heterocycles. The Balaban J connectivity index is 1.70. The molecule has 0 bridgehead atoms. The Bertz CT molecular complexity index is 1200. The number of hydrogen-bond donors (Lipinski definition) is 1. The van der Waals surface area contributed by atoms with E-state index in [0.29, 0.717) is 24.6 Å². The van der Waals surface area contributed by atoms with Gasteiger partial charge in [0.25, 0.3) is 5.91 Å². The van der Waals surface area contributed by atoms with Gasteiger partial charge in [-0.1, -0.05) is 47.5 Å². The summed E-state index contributed by atoms with van der Waals surface area (Å²) in [6.07, 6.45) is 0.823. The molecule has 3 aromatic rings. The largest absolute Gasteiger partial charge is 0.493 e. The lowest BCUT2D eigenvalue weighted by atomic mass is 9.77. The summed E-state index contributed by atoms with van der Waals surface area (Å²) in [6.45, 7) is 5.38. The van der Waals surface area contributed by atoms with Crippen LogP contribution in [0.15, 0.2) is 54.6 Å². The summed E-state index contributed by atoms with van der Waals surface area (Å²) >= 11 is 0. The van der Waals surface area contributed by atoms with Crippen LogP contribution in [0.3, 0.4) is 0 Å². The highest BCUT2D eigenvalue weighted by Crippen LogP contribution is 2.49. The molecule has 2 aliphatic rings. The van der Waals surface area contributed by atoms with Gasteiger partial charge in [-0.2, -0.15) is 0 Å². The molecule has 1 unspecified atom stereocenters. The predicted molar refractivity (Wildman–Crippen MR) is 126 cm³/mol. The van der Waals surface area contributed by atoms with E-state index in [4.69, 9.17) is 9.47 Å². The maximum Gasteiger partial charge on any atom is 0.256 e. The summed E-state index contributed by atoms with van der Waals surface area (Å²) in [5.74, 6) is 1.37. The Labute approximate surface area is 189 Å². The maximum absolute atomic E-state index is 14.2. The second-order valence-electron chi connectivity index (χ2n) is 8.69. The zero-order chi connectivity index (χ0) is 22.5. The number of nitrogens with one attached hydrogen (secondary N) is 1. The average Bonchev–Trinajstić information content (AvgIpc) is 3.02. The number of nitrogens with zero attached hydrogens (tertiary/aromatic N) is 1. The van der Waals surface area contributed by atoms with Crippen LogP contribution in [-0.4, -0.2) is 26.7 Å². The molecule has 0 aliphatic carbocycles. The Hall–Kier alpha value is -3.31. The van der Waals surface area contributed by atoms with Gasteiger partial charge in [0.15, 0.2) is 17.0 Å². The van der Waals surface area contributed by atoms with E-state index in [1.54, 1.807) is 14.2 Å². The quantitative estimate of drug-likeness (QED) is 0.675. The van der Waals surface area contributed by atoms with Crippen molar-refractivity contribution >= 4 is 11.6 Å². The molecule has 0 fully saturated rings. The predicted octanol–water partition coefficient (Wildman–Crippen LogP) is 4.26. The van der Waals surface area contributed by atoms with Crippen molar-refractivity contribution in [1.29, 1.82) is 0 Å². The summed E-state index contributed by atoms with van der Waals surface area (Å²) in [5, 5.41) is 3.61. The van der Waals surface area contributed by atoms with Crippen LogP contribution < -0.4 is 19.7 Å². The van der Waals surface area contributed by atoms with Crippen LogP contribution in [0.1, 0.15) is 33.4 Å². The van der Waals surface area contributed by atoms with Crippen LogP contribution in [-0.2, 0) is 23.3 Å². The van der Waals surface area contributed by atoms with Crippen molar-refractivity contribution in [1.82, 2.24) is 5.32 Å². The number of amides is 1. The number of carbonyl (C=O) groups is 1. The molecule has 3 aromatic carbocycles. The van der Waals surface area contributed by atoms with Gasteiger partial charge in [-0.3, -0.25) is 10.1 Å². The normalized spacial score (nSPS) is 19.1. The van der Waals surface area contributed by atoms with E-state index in [1.807, 2.05) is 17.0 Å². The Morgan fingerprint density at radius 2 is 1.59 bits per heavy atom. The maximum atomic E-state index is 14.2. The van der Waals surface area contributed by atoms with Gasteiger partial charge >= 0.3 is 0 Å². The number of ether oxygens (including phenoxy) is 2. The summed E-state index contributed by atoms with van der Waals surface area (Å²) in [7, 11) is 3.27. The van der Waals surface area contributed by atoms with E-state index in [2.05, 4.69) is 61.6 Å². The SMILES string of the molecule is COc1cc2c(cc1OC)C1(NCC2)C(=O)N(Cc2ccc(C)cc2)c2ccc(C)cc21. The van der Waals surface area contributed by atoms with Crippen LogP contribution in [0.4, 0.5) is 5.69 Å². The van der Waals surface area contributed by atoms with E-state index >= 15 is 0 Å². The third-order valence-corrected chi connectivity index (χ3v) is 6.67. The highest BCUT2D eigenvalue weighted by atomic mass is 16.5. The van der Waals surface area contributed by atoms with E-state index in [-0.39, 0.29) is 5.91 Å². The van der Waals surface area contributed by atoms with Crippen LogP contribution in [0.5, 0.6) is 11.5 Å². The van der Waals surface area contributed by atoms with Gasteiger partial charge in [0.05, 0.1) is 26.5 Å². The number of hydrogen-bond acceptors (Lipinski definition) is 4. The van der Waals surface area contributed by atoms with Crippen LogP contribution in [0.25, 0.3) is 0 Å². The van der Waals surface area contributed by atoms with Crippen LogP contribution in [0, 0.1) is 13.8 Å². The first-order valence-electron chi connectivity index (χ1n) is 11.0. The molecule has 0 aromatic heterocycles. The second-order valence-corrected chi connectivity index (χ2v) is 8.69. The van der Waals surface area contributed by atoms with Crippen LogP contribution in [0.2, 0.25) is 0 Å². The molecule has 0 radical (unpaired) electrons. The smallest absolute Gasteiger partial charge is 0.256 e. The topological polar surface area (TPSA) is 50.8 Å². The molecule has 1 N–H and O–H groups in total. The second kappa shape index (κ2) is 7.68. The van der Waals surface area contributed by atoms with Crippen molar-refractivity contribution in [3.05, 3.63) is 88.0 Å². The van der Waals surface area contributed by atoms with Crippen molar-refractivity contribution in [3.63, 3.8) is 0 Å². The van der Waals surface area contributed by atoms with Crippen LogP contribution >= 0.6 is 0 Å². The number of aryl methyl sites for hydroxylation is 2. The lowest BCUT2D eigenvalue weighted by Crippen LogP contribution is -2.54. The van der Waals surface area contributed by atoms with Crippen molar-refractivity contribution in [2.45, 2.75) is 32.4 Å². The molecule has 0 saturated carbocycles. The van der Waals surface area contributed by atoms with E-state index in [1.165, 1.54) is 5.56 Å². The summed E-state index contributed by atoms with van der Waals surface area (Å²) in [4.78, 5) is 16.1. The van der Waals surface area contributed by atoms with Crippen molar-refractivity contribution in [3.8, 4) is 11.5 Å². The third kappa shape index (κ3) is 3.00. The number of fused-ring (bicyclic) bond motifs is 4. The number of anilines is 1. The zero-order valence-corrected chi connectivity index (χ0v) is 19.0. The molecule has 2 heterocycles. The van der Waals surface area contributed by atoms with Gasteiger partial charge in [0.2, 0.25) is 0 Å². The average molecular weight is 429 g/mol. The summed E-state index contributed by atoms with van der Waals surface area (Å²) in [5.41, 5.74) is 6.53. The number of rotatable bonds is 4. The van der Waals surface area contributed by atoms with Gasteiger partial charge in [-0.05, 0) is 55.2 Å². The third-order valence-electron chi connectivity index (χ3n) is 6.67. The minimum atomic E-state index is -0.931. The van der Waals surface area contributed by atoms with Crippen molar-refractivity contribution in [2.75, 3.05) is 25.7 Å². The fraction of sp³-hybridized carbons (Fsp3) is 0.296. The van der Waals surface area contributed by atoms with Crippen molar-refractivity contribution in [2.24, 2.45) is 0 Å². The number of methoxy groups -OCH3 is 2. The van der Waals surface area contributed by atoms with Gasteiger partial charge < -0.3 is 14.4 Å². The number of carbonyl (C=O) groups excluding carboxylic acids is 1. The molecule has 5 rings (SSSR count). The molecule has 2 aliphatic heterocycles. The standard InChI is InChI=1S/C27H28N2O3/c1-17-5-8-19(9-6-17)16-29-23-10-7-18(2)13-22(23)27(26(29)30)21-15-25(32-4)24(31-3)14-20(21)11-12-28-27/h5-10,13-15,28H,11-12,16H2,1-4H3. The molecule has 1 amide bonds. The zero-order valence-electron chi connectivity index (χ0n) is 19.0. The lowest BCUT2D eigenvalue weighted by molar-refractivity contribution is -0.123. The van der Waals surface area contributed by atoms with E-state index in [0.717, 1.165) is 39.9 Å². The molecule has 1 atom stereocenters. The first kappa shape index (κ1) is 20.6. The summed E-state index contributed by atoms with van der Waals surface area (Å²) < 4.78 is 11.1. The Morgan fingerprint density at radius 1 is 0.906 bits per heavy atom. The summed E-state index contributed by atoms with van der Waals surface area (Å²) in [6, 6.07) is 18.6. The van der Waals surface area contributed by atoms with Gasteiger partial charge in [0, 0.05) is 12.1 Å². The minimum Gasteiger partial charge on any atom is -0.493 e. The first-order valence-corrected chi connectivity index (χ1v) is 11.0. The molecule has 1 spiro atoms. The molecule has 32 heavy (non-hydrogen) atoms.